The van der Waals surface area contributed by atoms with Gasteiger partial charge in [0.1, 0.15) is 21.3 Å². The topological polar surface area (TPSA) is 92.3 Å². The van der Waals surface area contributed by atoms with Crippen LogP contribution >= 0.6 is 24.0 Å². The molecule has 0 bridgehead atoms. The summed E-state index contributed by atoms with van der Waals surface area (Å²) >= 11 is 0. The van der Waals surface area contributed by atoms with E-state index in [0.29, 0.717) is 25.0 Å². The number of sulfone groups is 1. The molecule has 29 heavy (non-hydrogen) atoms. The van der Waals surface area contributed by atoms with E-state index in [1.54, 1.807) is 21.3 Å². The van der Waals surface area contributed by atoms with Crippen LogP contribution in [0.25, 0.3) is 0 Å². The summed E-state index contributed by atoms with van der Waals surface area (Å²) < 4.78 is 33.1. The lowest BCUT2D eigenvalue weighted by Crippen LogP contribution is -2.45. The molecule has 1 aromatic carbocycles. The molecule has 0 aromatic heterocycles. The largest absolute Gasteiger partial charge is 0.497 e. The fraction of sp³-hybridized carbons (Fsp3) is 0.632. The highest BCUT2D eigenvalue weighted by Crippen LogP contribution is 2.24. The first-order valence-corrected chi connectivity index (χ1v) is 11.5. The average Bonchev–Trinajstić information content (AvgIpc) is 3.09. The van der Waals surface area contributed by atoms with E-state index in [4.69, 9.17) is 9.47 Å². The molecule has 2 rings (SSSR count). The molecule has 1 atom stereocenters. The minimum Gasteiger partial charge on any atom is -0.497 e. The molecule has 0 amide bonds. The Hall–Kier alpha value is -1.27. The van der Waals surface area contributed by atoms with Crippen molar-refractivity contribution < 1.29 is 17.9 Å². The van der Waals surface area contributed by atoms with Crippen LogP contribution in [0.15, 0.2) is 23.2 Å². The number of ether oxygens (including phenoxy) is 2. The molecule has 10 heteroatoms. The molecule has 1 saturated heterocycles. The number of methoxy groups -OCH3 is 2. The lowest BCUT2D eigenvalue weighted by atomic mass is 10.2. The summed E-state index contributed by atoms with van der Waals surface area (Å²) in [6.45, 7) is 3.30. The molecule has 1 unspecified atom stereocenters. The van der Waals surface area contributed by atoms with Gasteiger partial charge < -0.3 is 20.1 Å². The van der Waals surface area contributed by atoms with E-state index in [-0.39, 0.29) is 29.7 Å². The first-order valence-electron chi connectivity index (χ1n) is 9.42. The number of rotatable bonds is 9. The number of nitrogens with zero attached hydrogens (tertiary/aromatic N) is 2. The molecule has 0 spiro atoms. The van der Waals surface area contributed by atoms with Gasteiger partial charge in [-0.15, -0.1) is 24.0 Å². The Balaban J connectivity index is 0.00000420. The Labute approximate surface area is 191 Å². The summed E-state index contributed by atoms with van der Waals surface area (Å²) in [6, 6.07) is 6.24. The maximum absolute atomic E-state index is 11.2. The number of nitrogens with one attached hydrogen (secondary N) is 2. The van der Waals surface area contributed by atoms with Gasteiger partial charge in [-0.25, -0.2) is 8.42 Å². The van der Waals surface area contributed by atoms with Gasteiger partial charge in [0.2, 0.25) is 0 Å². The average molecular weight is 540 g/mol. The molecule has 1 aromatic rings. The van der Waals surface area contributed by atoms with Crippen molar-refractivity contribution in [3.8, 4) is 11.5 Å². The van der Waals surface area contributed by atoms with Gasteiger partial charge in [-0.3, -0.25) is 9.89 Å². The van der Waals surface area contributed by atoms with Crippen molar-refractivity contribution >= 4 is 39.8 Å². The predicted molar refractivity (Wildman–Crippen MR) is 127 cm³/mol. The van der Waals surface area contributed by atoms with E-state index in [2.05, 4.69) is 20.5 Å². The van der Waals surface area contributed by atoms with Crippen molar-refractivity contribution in [1.29, 1.82) is 0 Å². The van der Waals surface area contributed by atoms with Crippen LogP contribution in [-0.4, -0.2) is 78.2 Å². The molecule has 1 aliphatic rings. The number of hydrogen-bond acceptors (Lipinski definition) is 6. The van der Waals surface area contributed by atoms with Gasteiger partial charge in [0, 0.05) is 51.6 Å². The summed E-state index contributed by atoms with van der Waals surface area (Å²) in [5.41, 5.74) is 1.15. The SMILES string of the molecule is CN=C(NCCCS(C)(=O)=O)NC1CCN(Cc2cc(OC)cc(OC)c2)C1.I. The van der Waals surface area contributed by atoms with Crippen molar-refractivity contribution in [1.82, 2.24) is 15.5 Å². The highest BCUT2D eigenvalue weighted by molar-refractivity contribution is 14.0. The van der Waals surface area contributed by atoms with Crippen LogP contribution in [0, 0.1) is 0 Å². The third-order valence-electron chi connectivity index (χ3n) is 4.64. The summed E-state index contributed by atoms with van der Waals surface area (Å²) in [7, 11) is 2.11. The standard InChI is InChI=1S/C19H32N4O4S.HI/c1-20-19(21-7-5-9-28(4,24)25)22-16-6-8-23(14-16)13-15-10-17(26-2)12-18(11-15)27-3;/h10-12,16H,5-9,13-14H2,1-4H3,(H2,20,21,22);1H. The molecule has 1 fully saturated rings. The molecule has 0 radical (unpaired) electrons. The predicted octanol–water partition coefficient (Wildman–Crippen LogP) is 1.50. The van der Waals surface area contributed by atoms with Crippen molar-refractivity contribution in [2.24, 2.45) is 4.99 Å². The quantitative estimate of drug-likeness (QED) is 0.212. The van der Waals surface area contributed by atoms with Crippen LogP contribution in [-0.2, 0) is 16.4 Å². The van der Waals surface area contributed by atoms with Gasteiger partial charge in [0.05, 0.1) is 20.0 Å². The fourth-order valence-electron chi connectivity index (χ4n) is 3.24. The van der Waals surface area contributed by atoms with Gasteiger partial charge in [-0.2, -0.15) is 0 Å². The Morgan fingerprint density at radius 2 is 1.90 bits per heavy atom. The van der Waals surface area contributed by atoms with Crippen LogP contribution in [0.3, 0.4) is 0 Å². The Kier molecular flexibility index (Phi) is 11.0. The highest BCUT2D eigenvalue weighted by atomic mass is 127. The van der Waals surface area contributed by atoms with E-state index in [0.717, 1.165) is 43.1 Å². The Morgan fingerprint density at radius 3 is 2.45 bits per heavy atom. The monoisotopic (exact) mass is 540 g/mol. The summed E-state index contributed by atoms with van der Waals surface area (Å²) in [5, 5.41) is 6.61. The number of hydrogen-bond donors (Lipinski definition) is 2. The van der Waals surface area contributed by atoms with E-state index in [9.17, 15) is 8.42 Å². The zero-order chi connectivity index (χ0) is 20.6. The van der Waals surface area contributed by atoms with Crippen LogP contribution in [0.4, 0.5) is 0 Å². The molecule has 166 valence electrons. The smallest absolute Gasteiger partial charge is 0.191 e. The van der Waals surface area contributed by atoms with Crippen molar-refractivity contribution in [2.75, 3.05) is 52.9 Å². The number of halogens is 1. The number of aliphatic imine (C=N–C) groups is 1. The molecule has 8 nitrogen and oxygen atoms in total. The molecule has 1 aliphatic heterocycles. The Morgan fingerprint density at radius 1 is 1.24 bits per heavy atom. The number of benzene rings is 1. The van der Waals surface area contributed by atoms with Gasteiger partial charge >= 0.3 is 0 Å². The van der Waals surface area contributed by atoms with Gasteiger partial charge in [-0.1, -0.05) is 0 Å². The molecule has 0 saturated carbocycles. The van der Waals surface area contributed by atoms with E-state index < -0.39 is 9.84 Å². The molecule has 1 heterocycles. The van der Waals surface area contributed by atoms with E-state index in [1.807, 2.05) is 18.2 Å². The third kappa shape index (κ3) is 9.39. The second-order valence-corrected chi connectivity index (χ2v) is 9.33. The van der Waals surface area contributed by atoms with Crippen LogP contribution < -0.4 is 20.1 Å². The maximum Gasteiger partial charge on any atom is 0.191 e. The lowest BCUT2D eigenvalue weighted by Gasteiger charge is -2.19. The molecular formula is C19H33IN4O4S. The van der Waals surface area contributed by atoms with Crippen LogP contribution in [0.5, 0.6) is 11.5 Å². The second kappa shape index (κ2) is 12.4. The maximum atomic E-state index is 11.2. The minimum absolute atomic E-state index is 0. The summed E-state index contributed by atoms with van der Waals surface area (Å²) in [4.78, 5) is 6.61. The molecule has 2 N–H and O–H groups in total. The third-order valence-corrected chi connectivity index (χ3v) is 5.67. The molecular weight excluding hydrogens is 507 g/mol. The normalized spacial score (nSPS) is 17.5. The van der Waals surface area contributed by atoms with Crippen molar-refractivity contribution in [2.45, 2.75) is 25.4 Å². The van der Waals surface area contributed by atoms with Crippen LogP contribution in [0.2, 0.25) is 0 Å². The summed E-state index contributed by atoms with van der Waals surface area (Å²) in [6.07, 6.45) is 2.84. The lowest BCUT2D eigenvalue weighted by molar-refractivity contribution is 0.321. The first-order chi connectivity index (χ1) is 13.3. The molecule has 0 aliphatic carbocycles. The van der Waals surface area contributed by atoms with Gasteiger partial charge in [-0.05, 0) is 30.5 Å². The summed E-state index contributed by atoms with van der Waals surface area (Å²) in [5.74, 6) is 2.48. The van der Waals surface area contributed by atoms with E-state index in [1.165, 1.54) is 6.26 Å². The van der Waals surface area contributed by atoms with Gasteiger partial charge in [0.25, 0.3) is 0 Å². The first kappa shape index (κ1) is 25.8. The fourth-order valence-corrected chi connectivity index (χ4v) is 3.91. The minimum atomic E-state index is -2.92. The van der Waals surface area contributed by atoms with Crippen molar-refractivity contribution in [3.63, 3.8) is 0 Å². The zero-order valence-electron chi connectivity index (χ0n) is 17.6. The van der Waals surface area contributed by atoms with E-state index >= 15 is 0 Å². The zero-order valence-corrected chi connectivity index (χ0v) is 20.7. The van der Waals surface area contributed by atoms with Gasteiger partial charge in [0.15, 0.2) is 5.96 Å². The number of likely N-dealkylation sites (tertiary alicyclic amines) is 1. The highest BCUT2D eigenvalue weighted by Gasteiger charge is 2.23. The second-order valence-electron chi connectivity index (χ2n) is 7.07. The Bertz CT molecular complexity index is 751. The van der Waals surface area contributed by atoms with Crippen LogP contribution in [0.1, 0.15) is 18.4 Å². The number of guanidine groups is 1. The van der Waals surface area contributed by atoms with Crippen molar-refractivity contribution in [3.05, 3.63) is 23.8 Å².